The third kappa shape index (κ3) is 5.88. The summed E-state index contributed by atoms with van der Waals surface area (Å²) < 4.78 is 5.58. The Hall–Kier alpha value is -2.00. The zero-order valence-corrected chi connectivity index (χ0v) is 13.1. The average Bonchev–Trinajstić information content (AvgIpc) is 2.49. The van der Waals surface area contributed by atoms with E-state index in [-0.39, 0.29) is 0 Å². The molecule has 0 amide bonds. The maximum absolute atomic E-state index is 5.58. The summed E-state index contributed by atoms with van der Waals surface area (Å²) in [6.07, 6.45) is 3.59. The van der Waals surface area contributed by atoms with Gasteiger partial charge in [0.2, 0.25) is 0 Å². The Morgan fingerprint density at radius 1 is 1.00 bits per heavy atom. The summed E-state index contributed by atoms with van der Waals surface area (Å²) in [5.41, 5.74) is 0.949. The highest BCUT2D eigenvalue weighted by molar-refractivity contribution is 8.14. The van der Waals surface area contributed by atoms with E-state index in [0.29, 0.717) is 5.25 Å². The van der Waals surface area contributed by atoms with Crippen LogP contribution in [0, 0.1) is 0 Å². The van der Waals surface area contributed by atoms with Crippen LogP contribution in [0.1, 0.15) is 13.8 Å². The summed E-state index contributed by atoms with van der Waals surface area (Å²) in [4.78, 5) is 4.64. The van der Waals surface area contributed by atoms with Crippen LogP contribution in [-0.2, 0) is 0 Å². The van der Waals surface area contributed by atoms with Crippen LogP contribution in [0.4, 0.5) is 5.69 Å². The van der Waals surface area contributed by atoms with Gasteiger partial charge in [0.25, 0.3) is 0 Å². The van der Waals surface area contributed by atoms with E-state index < -0.39 is 0 Å². The largest absolute Gasteiger partial charge is 0.465 e. The van der Waals surface area contributed by atoms with Gasteiger partial charge >= 0.3 is 0 Å². The maximum Gasteiger partial charge on any atom is 0.126 e. The van der Waals surface area contributed by atoms with Crippen molar-refractivity contribution < 1.29 is 4.74 Å². The number of benzene rings is 2. The molecule has 0 aliphatic rings. The maximum atomic E-state index is 5.58. The predicted molar refractivity (Wildman–Crippen MR) is 92.5 cm³/mol. The Kier molecular flexibility index (Phi) is 6.10. The Balaban J connectivity index is 2.08. The molecule has 0 aliphatic heterocycles. The fourth-order valence-electron chi connectivity index (χ4n) is 1.64. The van der Waals surface area contributed by atoms with Gasteiger partial charge in [-0.2, -0.15) is 0 Å². The van der Waals surface area contributed by atoms with Gasteiger partial charge in [0.05, 0.1) is 17.0 Å². The number of nitrogens with zero attached hydrogens (tertiary/aromatic N) is 1. The molecule has 0 aromatic heterocycles. The van der Waals surface area contributed by atoms with Crippen molar-refractivity contribution in [2.24, 2.45) is 4.99 Å². The average molecular weight is 297 g/mol. The fraction of sp³-hybridized carbons (Fsp3) is 0.167. The Labute approximate surface area is 130 Å². The number of hydrogen-bond acceptors (Lipinski definition) is 3. The van der Waals surface area contributed by atoms with E-state index >= 15 is 0 Å². The highest BCUT2D eigenvalue weighted by Crippen LogP contribution is 2.19. The van der Waals surface area contributed by atoms with Crippen molar-refractivity contribution in [1.29, 1.82) is 0 Å². The molecule has 0 radical (unpaired) electrons. The lowest BCUT2D eigenvalue weighted by atomic mass is 10.3. The van der Waals surface area contributed by atoms with E-state index in [4.69, 9.17) is 4.74 Å². The summed E-state index contributed by atoms with van der Waals surface area (Å²) in [5, 5.41) is 1.40. The van der Waals surface area contributed by atoms with Gasteiger partial charge in [-0.1, -0.05) is 50.2 Å². The molecule has 21 heavy (non-hydrogen) atoms. The van der Waals surface area contributed by atoms with Gasteiger partial charge < -0.3 is 4.74 Å². The summed E-state index contributed by atoms with van der Waals surface area (Å²) in [5.74, 6) is 0.822. The molecule has 0 heterocycles. The van der Waals surface area contributed by atoms with Gasteiger partial charge in [-0.15, -0.1) is 11.8 Å². The van der Waals surface area contributed by atoms with Crippen LogP contribution in [0.2, 0.25) is 0 Å². The SMILES string of the molecule is CC(C)SC(C=COc1ccccc1)=Nc1ccccc1. The van der Waals surface area contributed by atoms with Gasteiger partial charge in [-0.25, -0.2) is 4.99 Å². The van der Waals surface area contributed by atoms with Gasteiger partial charge in [0.1, 0.15) is 5.75 Å². The van der Waals surface area contributed by atoms with Crippen molar-refractivity contribution in [2.75, 3.05) is 0 Å². The van der Waals surface area contributed by atoms with Crippen molar-refractivity contribution in [3.05, 3.63) is 73.0 Å². The molecule has 0 N–H and O–H groups in total. The zero-order chi connectivity index (χ0) is 14.9. The Morgan fingerprint density at radius 3 is 2.24 bits per heavy atom. The summed E-state index contributed by atoms with van der Waals surface area (Å²) in [6, 6.07) is 19.7. The minimum atomic E-state index is 0.467. The van der Waals surface area contributed by atoms with Gasteiger partial charge in [-0.05, 0) is 24.3 Å². The number of rotatable bonds is 5. The van der Waals surface area contributed by atoms with Gasteiger partial charge in [-0.3, -0.25) is 0 Å². The van der Waals surface area contributed by atoms with Crippen molar-refractivity contribution in [3.8, 4) is 5.75 Å². The summed E-state index contributed by atoms with van der Waals surface area (Å²) in [6.45, 7) is 4.30. The smallest absolute Gasteiger partial charge is 0.126 e. The third-order valence-electron chi connectivity index (χ3n) is 2.51. The molecule has 0 saturated carbocycles. The minimum Gasteiger partial charge on any atom is -0.465 e. The highest BCUT2D eigenvalue weighted by Gasteiger charge is 2.01. The molecule has 2 nitrogen and oxygen atoms in total. The number of para-hydroxylation sites is 2. The van der Waals surface area contributed by atoms with Crippen molar-refractivity contribution in [1.82, 2.24) is 0 Å². The monoisotopic (exact) mass is 297 g/mol. The molecule has 0 saturated heterocycles. The zero-order valence-electron chi connectivity index (χ0n) is 12.3. The highest BCUT2D eigenvalue weighted by atomic mass is 32.2. The summed E-state index contributed by atoms with van der Waals surface area (Å²) >= 11 is 1.71. The Morgan fingerprint density at radius 2 is 1.62 bits per heavy atom. The van der Waals surface area contributed by atoms with Crippen LogP contribution in [0.15, 0.2) is 78.0 Å². The third-order valence-corrected chi connectivity index (χ3v) is 3.45. The molecular formula is C18H19NOS. The Bertz CT molecular complexity index is 591. The van der Waals surface area contributed by atoms with Crippen molar-refractivity contribution in [2.45, 2.75) is 19.1 Å². The molecule has 0 atom stereocenters. The molecule has 2 aromatic carbocycles. The van der Waals surface area contributed by atoms with E-state index in [0.717, 1.165) is 16.5 Å². The topological polar surface area (TPSA) is 21.6 Å². The first kappa shape index (κ1) is 15.4. The number of ether oxygens (including phenoxy) is 1. The fourth-order valence-corrected chi connectivity index (χ4v) is 2.42. The predicted octanol–water partition coefficient (Wildman–Crippen LogP) is 5.45. The van der Waals surface area contributed by atoms with Crippen molar-refractivity contribution in [3.63, 3.8) is 0 Å². The molecule has 0 fully saturated rings. The number of hydrogen-bond donors (Lipinski definition) is 0. The lowest BCUT2D eigenvalue weighted by Crippen LogP contribution is -1.96. The number of aliphatic imine (C=N–C) groups is 1. The van der Waals surface area contributed by atoms with Crippen LogP contribution in [-0.4, -0.2) is 10.3 Å². The molecule has 2 aromatic rings. The van der Waals surface area contributed by atoms with Crippen LogP contribution >= 0.6 is 11.8 Å². The second-order valence-corrected chi connectivity index (χ2v) is 6.28. The van der Waals surface area contributed by atoms with E-state index in [1.807, 2.05) is 66.7 Å². The van der Waals surface area contributed by atoms with Crippen LogP contribution < -0.4 is 4.74 Å². The lowest BCUT2D eigenvalue weighted by Gasteiger charge is -2.05. The van der Waals surface area contributed by atoms with Gasteiger partial charge in [0.15, 0.2) is 0 Å². The molecule has 0 bridgehead atoms. The summed E-state index contributed by atoms with van der Waals surface area (Å²) in [7, 11) is 0. The van der Waals surface area contributed by atoms with E-state index in [2.05, 4.69) is 18.8 Å². The molecule has 108 valence electrons. The molecule has 0 aliphatic carbocycles. The molecule has 3 heteroatoms. The van der Waals surface area contributed by atoms with Crippen LogP contribution in [0.5, 0.6) is 5.75 Å². The number of thioether (sulfide) groups is 1. The molecule has 2 rings (SSSR count). The van der Waals surface area contributed by atoms with E-state index in [1.165, 1.54) is 0 Å². The van der Waals surface area contributed by atoms with Crippen LogP contribution in [0.25, 0.3) is 0 Å². The van der Waals surface area contributed by atoms with Crippen molar-refractivity contribution >= 4 is 22.5 Å². The van der Waals surface area contributed by atoms with Crippen LogP contribution in [0.3, 0.4) is 0 Å². The molecule has 0 spiro atoms. The lowest BCUT2D eigenvalue weighted by molar-refractivity contribution is 0.482. The molecular weight excluding hydrogens is 278 g/mol. The quantitative estimate of drug-likeness (QED) is 0.416. The standard InChI is InChI=1S/C18H19NOS/c1-15(2)21-18(19-16-9-5-3-6-10-16)13-14-20-17-11-7-4-8-12-17/h3-15H,1-2H3. The van der Waals surface area contributed by atoms with Gasteiger partial charge in [0, 0.05) is 11.3 Å². The molecule has 0 unspecified atom stereocenters. The first-order valence-corrected chi connectivity index (χ1v) is 7.80. The minimum absolute atomic E-state index is 0.467. The first-order valence-electron chi connectivity index (χ1n) is 6.92. The second-order valence-electron chi connectivity index (χ2n) is 4.69. The van der Waals surface area contributed by atoms with E-state index in [1.54, 1.807) is 18.0 Å². The second kappa shape index (κ2) is 8.32. The first-order chi connectivity index (χ1) is 10.2. The normalized spacial score (nSPS) is 12.0. The van der Waals surface area contributed by atoms with E-state index in [9.17, 15) is 0 Å².